The molecule has 5 atom stereocenters. The van der Waals surface area contributed by atoms with Crippen molar-refractivity contribution in [2.24, 2.45) is 11.3 Å². The molecule has 2 rings (SSSR count). The molecular weight excluding hydrogens is 719 g/mol. The second kappa shape index (κ2) is 32.7. The summed E-state index contributed by atoms with van der Waals surface area (Å²) in [4.78, 5) is 66.6. The van der Waals surface area contributed by atoms with Crippen molar-refractivity contribution in [1.29, 1.82) is 0 Å². The van der Waals surface area contributed by atoms with Crippen molar-refractivity contribution in [2.45, 2.75) is 172 Å². The Morgan fingerprint density at radius 2 is 1.55 bits per heavy atom. The van der Waals surface area contributed by atoms with E-state index in [-0.39, 0.29) is 24.5 Å². The molecule has 2 heterocycles. The van der Waals surface area contributed by atoms with Gasteiger partial charge < -0.3 is 30.6 Å². The number of unbranched alkanes of at least 4 members (excludes halogenated alkanes) is 1. The molecule has 0 saturated carbocycles. The van der Waals surface area contributed by atoms with Gasteiger partial charge in [-0.3, -0.25) is 23.4 Å². The molecule has 1 aliphatic heterocycles. The fraction of sp³-hybridized carbons (Fsp3) is 0.738. The summed E-state index contributed by atoms with van der Waals surface area (Å²) in [6.45, 7) is 32.0. The molecule has 12 nitrogen and oxygen atoms in total. The third-order valence-corrected chi connectivity index (χ3v) is 9.05. The lowest BCUT2D eigenvalue weighted by Crippen LogP contribution is -2.60. The van der Waals surface area contributed by atoms with Crippen LogP contribution in [-0.4, -0.2) is 81.7 Å². The molecule has 1 fully saturated rings. The molecule has 5 amide bonds. The first-order chi connectivity index (χ1) is 26.0. The fourth-order valence-corrected chi connectivity index (χ4v) is 6.18. The van der Waals surface area contributed by atoms with Gasteiger partial charge >= 0.3 is 6.03 Å². The molecule has 1 saturated heterocycles. The van der Waals surface area contributed by atoms with E-state index in [1.807, 2.05) is 62.3 Å². The van der Waals surface area contributed by atoms with Gasteiger partial charge in [-0.15, -0.1) is 6.58 Å². The molecule has 1 aliphatic rings. The highest BCUT2D eigenvalue weighted by Gasteiger charge is 2.43. The van der Waals surface area contributed by atoms with E-state index < -0.39 is 69.9 Å². The number of hydrogen-bond acceptors (Lipinski definition) is 7. The SMILES string of the molecule is C=CCNC(=O)C(=O)C(CCC)NC(=O)C1CCCN1C(=O)C(NC(=O)NC(CC)CS(=O)Cc1ccco1)C(C)(C)C.CC.CC.CC(C)C.CCCC. The highest BCUT2D eigenvalue weighted by atomic mass is 32.2. The molecule has 55 heavy (non-hydrogen) atoms. The zero-order chi connectivity index (χ0) is 43.1. The average molecular weight is 798 g/mol. The standard InChI is InChI=1S/C30H47N5O7S.2C4H10.2C2H6/c1-7-12-22(24(36)27(38)31-15-8-2)33-26(37)23-14-10-16-35(23)28(39)25(30(4,5)6)34-29(40)32-20(9-3)18-43(41)19-21-13-11-17-42-21;1-4(2)3;1-3-4-2;2*1-2/h8,11,13,17,20,22-23,25H,2,7,9-10,12,14-16,18-19H2,1,3-6H3,(H,31,38)(H,33,37)(H2,32,34,40);4H,1-3H3;3-4H2,1-2H3;2*1-2H3. The van der Waals surface area contributed by atoms with Crippen LogP contribution in [0.1, 0.15) is 148 Å². The van der Waals surface area contributed by atoms with Crippen LogP contribution in [0.5, 0.6) is 0 Å². The normalized spacial score (nSPS) is 15.3. The number of nitrogens with one attached hydrogen (secondary N) is 4. The quantitative estimate of drug-likeness (QED) is 0.0927. The van der Waals surface area contributed by atoms with E-state index in [1.165, 1.54) is 30.1 Å². The van der Waals surface area contributed by atoms with Gasteiger partial charge in [0.05, 0.1) is 18.1 Å². The molecule has 0 spiro atoms. The molecule has 0 bridgehead atoms. The third-order valence-electron chi connectivity index (χ3n) is 7.67. The molecule has 320 valence electrons. The van der Waals surface area contributed by atoms with Crippen molar-refractivity contribution in [2.75, 3.05) is 18.8 Å². The Morgan fingerprint density at radius 3 is 2.00 bits per heavy atom. The van der Waals surface area contributed by atoms with Crippen LogP contribution in [-0.2, 0) is 35.7 Å². The molecular formula is C42H79N5O7S. The minimum Gasteiger partial charge on any atom is -0.468 e. The van der Waals surface area contributed by atoms with E-state index in [4.69, 9.17) is 4.42 Å². The van der Waals surface area contributed by atoms with Crippen molar-refractivity contribution in [3.05, 3.63) is 36.8 Å². The molecule has 0 aromatic carbocycles. The number of Topliss-reactive ketones (excluding diaryl/α,β-unsaturated/α-hetero) is 1. The summed E-state index contributed by atoms with van der Waals surface area (Å²) in [5.74, 6) is -0.616. The van der Waals surface area contributed by atoms with Gasteiger partial charge in [0, 0.05) is 35.7 Å². The van der Waals surface area contributed by atoms with Crippen LogP contribution in [0.15, 0.2) is 35.5 Å². The molecule has 0 radical (unpaired) electrons. The van der Waals surface area contributed by atoms with Crippen LogP contribution in [0.2, 0.25) is 0 Å². The number of rotatable bonds is 17. The van der Waals surface area contributed by atoms with Gasteiger partial charge in [-0.2, -0.15) is 0 Å². The number of carbonyl (C=O) groups is 5. The predicted octanol–water partition coefficient (Wildman–Crippen LogP) is 7.69. The lowest BCUT2D eigenvalue weighted by Gasteiger charge is -2.36. The summed E-state index contributed by atoms with van der Waals surface area (Å²) in [5.41, 5.74) is -0.703. The zero-order valence-corrected chi connectivity index (χ0v) is 37.7. The zero-order valence-electron chi connectivity index (χ0n) is 36.9. The number of urea groups is 1. The van der Waals surface area contributed by atoms with Gasteiger partial charge in [0.15, 0.2) is 0 Å². The number of ketones is 1. The minimum atomic E-state index is -1.27. The number of nitrogens with zero attached hydrogens (tertiary/aromatic N) is 1. The molecule has 1 aromatic heterocycles. The van der Waals surface area contributed by atoms with Gasteiger partial charge in [-0.1, -0.05) is 122 Å². The average Bonchev–Trinajstić information content (AvgIpc) is 3.86. The van der Waals surface area contributed by atoms with Crippen LogP contribution in [0.25, 0.3) is 0 Å². The fourth-order valence-electron chi connectivity index (χ4n) is 4.81. The maximum absolute atomic E-state index is 13.8. The molecule has 5 unspecified atom stereocenters. The van der Waals surface area contributed by atoms with Gasteiger partial charge in [0.2, 0.25) is 17.6 Å². The number of amides is 5. The van der Waals surface area contributed by atoms with Crippen LogP contribution in [0, 0.1) is 11.3 Å². The minimum absolute atomic E-state index is 0.124. The van der Waals surface area contributed by atoms with E-state index in [0.29, 0.717) is 38.0 Å². The first-order valence-corrected chi connectivity index (χ1v) is 21.9. The van der Waals surface area contributed by atoms with Gasteiger partial charge in [0.25, 0.3) is 5.91 Å². The largest absolute Gasteiger partial charge is 0.468 e. The molecule has 0 aliphatic carbocycles. The number of hydrogen-bond donors (Lipinski definition) is 4. The summed E-state index contributed by atoms with van der Waals surface area (Å²) in [6.07, 6.45) is 7.91. The highest BCUT2D eigenvalue weighted by molar-refractivity contribution is 7.84. The van der Waals surface area contributed by atoms with E-state index in [0.717, 1.165) is 5.92 Å². The number of furan rings is 1. The smallest absolute Gasteiger partial charge is 0.315 e. The Kier molecular flexibility index (Phi) is 33.2. The third kappa shape index (κ3) is 24.6. The van der Waals surface area contributed by atoms with Crippen LogP contribution in [0.3, 0.4) is 0 Å². The lowest BCUT2D eigenvalue weighted by molar-refractivity contribution is -0.143. The Balaban J connectivity index is -0.00000199. The second-order valence-corrected chi connectivity index (χ2v) is 16.0. The number of likely N-dealkylation sites (tertiary alicyclic amines) is 1. The summed E-state index contributed by atoms with van der Waals surface area (Å²) < 4.78 is 17.9. The van der Waals surface area contributed by atoms with Gasteiger partial charge in [0.1, 0.15) is 17.8 Å². The Bertz CT molecular complexity index is 1230. The van der Waals surface area contributed by atoms with Gasteiger partial charge in [-0.05, 0) is 49.1 Å². The van der Waals surface area contributed by atoms with Crippen LogP contribution >= 0.6 is 0 Å². The topological polar surface area (TPSA) is 167 Å². The van der Waals surface area contributed by atoms with Crippen molar-refractivity contribution in [3.63, 3.8) is 0 Å². The van der Waals surface area contributed by atoms with E-state index in [1.54, 1.807) is 12.1 Å². The van der Waals surface area contributed by atoms with Gasteiger partial charge in [-0.25, -0.2) is 4.79 Å². The Morgan fingerprint density at radius 1 is 0.964 bits per heavy atom. The van der Waals surface area contributed by atoms with Crippen molar-refractivity contribution >= 4 is 40.3 Å². The maximum atomic E-state index is 13.8. The maximum Gasteiger partial charge on any atom is 0.315 e. The summed E-state index contributed by atoms with van der Waals surface area (Å²) in [5, 5.41) is 10.7. The van der Waals surface area contributed by atoms with Crippen LogP contribution < -0.4 is 21.3 Å². The van der Waals surface area contributed by atoms with Crippen molar-refractivity contribution < 1.29 is 32.6 Å². The molecule has 1 aromatic rings. The molecule has 4 N–H and O–H groups in total. The van der Waals surface area contributed by atoms with Crippen LogP contribution in [0.4, 0.5) is 4.79 Å². The summed E-state index contributed by atoms with van der Waals surface area (Å²) in [6, 6.07) is -0.342. The molecule has 13 heteroatoms. The first-order valence-electron chi connectivity index (χ1n) is 20.4. The monoisotopic (exact) mass is 798 g/mol. The summed E-state index contributed by atoms with van der Waals surface area (Å²) in [7, 11) is -1.27. The highest BCUT2D eigenvalue weighted by Crippen LogP contribution is 2.26. The van der Waals surface area contributed by atoms with Crippen molar-refractivity contribution in [3.8, 4) is 0 Å². The first kappa shape index (κ1) is 55.9. The number of carbonyl (C=O) groups excluding carboxylic acids is 5. The predicted molar refractivity (Wildman–Crippen MR) is 228 cm³/mol. The van der Waals surface area contributed by atoms with E-state index in [2.05, 4.69) is 62.5 Å². The van der Waals surface area contributed by atoms with Crippen molar-refractivity contribution in [1.82, 2.24) is 26.2 Å². The van der Waals surface area contributed by atoms with E-state index >= 15 is 0 Å². The van der Waals surface area contributed by atoms with E-state index in [9.17, 15) is 28.2 Å². The lowest BCUT2D eigenvalue weighted by atomic mass is 9.85. The summed E-state index contributed by atoms with van der Waals surface area (Å²) >= 11 is 0. The Hall–Kier alpha value is -3.48. The second-order valence-electron chi connectivity index (χ2n) is 14.5. The Labute approximate surface area is 337 Å².